The van der Waals surface area contributed by atoms with Crippen molar-refractivity contribution in [2.75, 3.05) is 7.05 Å². The van der Waals surface area contributed by atoms with Crippen LogP contribution in [-0.4, -0.2) is 33.0 Å². The molecule has 0 saturated heterocycles. The number of likely N-dealkylation sites (N-methyl/N-ethyl adjacent to an activating group) is 1. The summed E-state index contributed by atoms with van der Waals surface area (Å²) in [5.74, 6) is 1.44. The highest BCUT2D eigenvalue weighted by molar-refractivity contribution is 5.46. The Bertz CT molecular complexity index is 504. The highest BCUT2D eigenvalue weighted by Gasteiger charge is 2.23. The van der Waals surface area contributed by atoms with E-state index in [0.717, 1.165) is 12.1 Å². The van der Waals surface area contributed by atoms with Crippen LogP contribution in [-0.2, 0) is 7.05 Å². The third-order valence-electron chi connectivity index (χ3n) is 3.20. The second kappa shape index (κ2) is 5.30. The average molecular weight is 249 g/mol. The summed E-state index contributed by atoms with van der Waals surface area (Å²) >= 11 is 0. The van der Waals surface area contributed by atoms with E-state index in [9.17, 15) is 0 Å². The lowest BCUT2D eigenvalue weighted by Crippen LogP contribution is -2.28. The van der Waals surface area contributed by atoms with Crippen LogP contribution in [0.2, 0.25) is 0 Å². The third-order valence-corrected chi connectivity index (χ3v) is 3.20. The van der Waals surface area contributed by atoms with Gasteiger partial charge in [0.05, 0.1) is 5.92 Å². The summed E-state index contributed by atoms with van der Waals surface area (Å²) in [4.78, 5) is 4.44. The summed E-state index contributed by atoms with van der Waals surface area (Å²) in [5.41, 5.74) is 0.736. The van der Waals surface area contributed by atoms with Crippen LogP contribution in [0.15, 0.2) is 16.8 Å². The van der Waals surface area contributed by atoms with E-state index in [0.29, 0.717) is 17.8 Å². The predicted octanol–water partition coefficient (Wildman–Crippen LogP) is 1.57. The second-order valence-corrected chi connectivity index (χ2v) is 4.42. The summed E-state index contributed by atoms with van der Waals surface area (Å²) in [6.45, 7) is 4.22. The van der Waals surface area contributed by atoms with E-state index in [1.54, 1.807) is 4.68 Å². The molecule has 0 spiro atoms. The number of nitrogens with zero attached hydrogens (tertiary/aromatic N) is 4. The Morgan fingerprint density at radius 1 is 1.50 bits per heavy atom. The van der Waals surface area contributed by atoms with Crippen molar-refractivity contribution in [2.45, 2.75) is 32.2 Å². The molecule has 98 valence electrons. The zero-order chi connectivity index (χ0) is 13.1. The Labute approximate surface area is 106 Å². The van der Waals surface area contributed by atoms with Crippen molar-refractivity contribution in [1.29, 1.82) is 0 Å². The van der Waals surface area contributed by atoms with Crippen molar-refractivity contribution in [1.82, 2.24) is 25.2 Å². The lowest BCUT2D eigenvalue weighted by Gasteiger charge is -2.17. The molecular formula is C12H19N5O. The van der Waals surface area contributed by atoms with Gasteiger partial charge in [0.15, 0.2) is 0 Å². The molecule has 0 saturated carbocycles. The molecule has 18 heavy (non-hydrogen) atoms. The molecular weight excluding hydrogens is 230 g/mol. The van der Waals surface area contributed by atoms with Gasteiger partial charge >= 0.3 is 0 Å². The predicted molar refractivity (Wildman–Crippen MR) is 68.1 cm³/mol. The molecule has 2 unspecified atom stereocenters. The van der Waals surface area contributed by atoms with Crippen LogP contribution in [0.5, 0.6) is 0 Å². The van der Waals surface area contributed by atoms with Gasteiger partial charge in [-0.3, -0.25) is 4.68 Å². The van der Waals surface area contributed by atoms with Crippen LogP contribution >= 0.6 is 0 Å². The quantitative estimate of drug-likeness (QED) is 0.871. The van der Waals surface area contributed by atoms with Crippen molar-refractivity contribution in [2.24, 2.45) is 7.05 Å². The normalized spacial score (nSPS) is 14.7. The summed E-state index contributed by atoms with van der Waals surface area (Å²) < 4.78 is 7.08. The van der Waals surface area contributed by atoms with Gasteiger partial charge in [0.2, 0.25) is 11.7 Å². The van der Waals surface area contributed by atoms with Crippen LogP contribution in [0.25, 0.3) is 11.5 Å². The van der Waals surface area contributed by atoms with Crippen molar-refractivity contribution in [3.63, 3.8) is 0 Å². The Kier molecular flexibility index (Phi) is 3.76. The molecule has 2 aromatic heterocycles. The molecule has 0 aliphatic rings. The van der Waals surface area contributed by atoms with Crippen molar-refractivity contribution < 1.29 is 4.52 Å². The summed E-state index contributed by atoms with van der Waals surface area (Å²) in [6.07, 6.45) is 2.81. The van der Waals surface area contributed by atoms with Gasteiger partial charge in [0, 0.05) is 19.3 Å². The first-order valence-electron chi connectivity index (χ1n) is 6.16. The number of hydrogen-bond acceptors (Lipinski definition) is 5. The largest absolute Gasteiger partial charge is 0.339 e. The van der Waals surface area contributed by atoms with E-state index in [1.165, 1.54) is 0 Å². The minimum absolute atomic E-state index is 0.222. The lowest BCUT2D eigenvalue weighted by molar-refractivity contribution is 0.322. The zero-order valence-corrected chi connectivity index (χ0v) is 11.2. The minimum atomic E-state index is 0.222. The lowest BCUT2D eigenvalue weighted by atomic mass is 9.98. The topological polar surface area (TPSA) is 68.8 Å². The Hall–Kier alpha value is -1.69. The fourth-order valence-corrected chi connectivity index (χ4v) is 1.97. The van der Waals surface area contributed by atoms with Crippen LogP contribution in [0, 0.1) is 0 Å². The average Bonchev–Trinajstić information content (AvgIpc) is 2.98. The van der Waals surface area contributed by atoms with E-state index >= 15 is 0 Å². The molecule has 1 N–H and O–H groups in total. The van der Waals surface area contributed by atoms with Gasteiger partial charge in [-0.25, -0.2) is 0 Å². The molecule has 6 nitrogen and oxygen atoms in total. The first kappa shape index (κ1) is 12.8. The molecule has 0 amide bonds. The van der Waals surface area contributed by atoms with Gasteiger partial charge in [0.25, 0.3) is 0 Å². The summed E-state index contributed by atoms with van der Waals surface area (Å²) in [7, 11) is 3.80. The molecule has 6 heteroatoms. The molecule has 0 aromatic carbocycles. The monoisotopic (exact) mass is 249 g/mol. The smallest absolute Gasteiger partial charge is 0.231 e. The van der Waals surface area contributed by atoms with E-state index in [1.807, 2.05) is 26.4 Å². The van der Waals surface area contributed by atoms with Gasteiger partial charge in [0.1, 0.15) is 5.69 Å². The molecule has 2 heterocycles. The third kappa shape index (κ3) is 2.43. The van der Waals surface area contributed by atoms with Crippen LogP contribution in [0.3, 0.4) is 0 Å². The highest BCUT2D eigenvalue weighted by atomic mass is 16.5. The first-order chi connectivity index (χ1) is 8.65. The van der Waals surface area contributed by atoms with E-state index in [4.69, 9.17) is 4.52 Å². The van der Waals surface area contributed by atoms with E-state index < -0.39 is 0 Å². The Balaban J connectivity index is 2.24. The van der Waals surface area contributed by atoms with Gasteiger partial charge in [-0.1, -0.05) is 12.1 Å². The van der Waals surface area contributed by atoms with Crippen LogP contribution < -0.4 is 5.32 Å². The van der Waals surface area contributed by atoms with Crippen LogP contribution in [0.4, 0.5) is 0 Å². The van der Waals surface area contributed by atoms with Gasteiger partial charge < -0.3 is 9.84 Å². The standard InChI is InChI=1S/C12H19N5O/c1-5-9(8(2)13-3)12-14-11(16-18-12)10-6-7-17(4)15-10/h6-9,13H,5H2,1-4H3. The minimum Gasteiger partial charge on any atom is -0.339 e. The highest BCUT2D eigenvalue weighted by Crippen LogP contribution is 2.23. The molecule has 0 radical (unpaired) electrons. The van der Waals surface area contributed by atoms with E-state index in [2.05, 4.69) is 34.4 Å². The van der Waals surface area contributed by atoms with Crippen LogP contribution in [0.1, 0.15) is 32.1 Å². The number of aryl methyl sites for hydroxylation is 1. The molecule has 0 aliphatic carbocycles. The fourth-order valence-electron chi connectivity index (χ4n) is 1.97. The molecule has 2 atom stereocenters. The molecule has 0 bridgehead atoms. The number of aromatic nitrogens is 4. The van der Waals surface area contributed by atoms with Gasteiger partial charge in [-0.15, -0.1) is 0 Å². The second-order valence-electron chi connectivity index (χ2n) is 4.42. The summed E-state index contributed by atoms with van der Waals surface area (Å²) in [6, 6.07) is 2.17. The fraction of sp³-hybridized carbons (Fsp3) is 0.583. The maximum atomic E-state index is 5.35. The molecule has 2 rings (SSSR count). The molecule has 0 fully saturated rings. The zero-order valence-electron chi connectivity index (χ0n) is 11.2. The SMILES string of the molecule is CCC(c1nc(-c2ccn(C)n2)no1)C(C)NC. The van der Waals surface area contributed by atoms with Crippen molar-refractivity contribution in [3.05, 3.63) is 18.2 Å². The molecule has 0 aliphatic heterocycles. The molecule has 2 aromatic rings. The number of rotatable bonds is 5. The van der Waals surface area contributed by atoms with Gasteiger partial charge in [-0.2, -0.15) is 10.1 Å². The summed E-state index contributed by atoms with van der Waals surface area (Å²) in [5, 5.41) is 11.5. The maximum absolute atomic E-state index is 5.35. The Morgan fingerprint density at radius 2 is 2.28 bits per heavy atom. The maximum Gasteiger partial charge on any atom is 0.231 e. The Morgan fingerprint density at radius 3 is 2.83 bits per heavy atom. The van der Waals surface area contributed by atoms with E-state index in [-0.39, 0.29) is 5.92 Å². The van der Waals surface area contributed by atoms with Crippen molar-refractivity contribution >= 4 is 0 Å². The first-order valence-corrected chi connectivity index (χ1v) is 6.16. The number of nitrogens with one attached hydrogen (secondary N) is 1. The van der Waals surface area contributed by atoms with Gasteiger partial charge in [-0.05, 0) is 26.5 Å². The van der Waals surface area contributed by atoms with Crippen molar-refractivity contribution in [3.8, 4) is 11.5 Å². The number of hydrogen-bond donors (Lipinski definition) is 1.